The van der Waals surface area contributed by atoms with Crippen molar-refractivity contribution in [3.63, 3.8) is 0 Å². The van der Waals surface area contributed by atoms with Gasteiger partial charge in [0.25, 0.3) is 0 Å². The zero-order valence-electron chi connectivity index (χ0n) is 10.8. The van der Waals surface area contributed by atoms with E-state index in [-0.39, 0.29) is 11.7 Å². The Morgan fingerprint density at radius 1 is 1.25 bits per heavy atom. The molecule has 2 aromatic heterocycles. The SMILES string of the molecule is Cc1cnc(Cn2c(CCl)nc3c(F)cccc32)cn1. The molecule has 0 aliphatic rings. The highest BCUT2D eigenvalue weighted by Gasteiger charge is 2.13. The average Bonchev–Trinajstić information content (AvgIpc) is 2.81. The van der Waals surface area contributed by atoms with E-state index in [1.807, 2.05) is 17.6 Å². The standard InChI is InChI=1S/C14H12ClFN4/c1-9-6-18-10(7-17-9)8-20-12-4-2-3-11(16)14(12)19-13(20)5-15/h2-4,6-7H,5,8H2,1H3. The molecule has 3 aromatic rings. The van der Waals surface area contributed by atoms with Gasteiger partial charge in [-0.15, -0.1) is 11.6 Å². The van der Waals surface area contributed by atoms with Crippen molar-refractivity contribution >= 4 is 22.6 Å². The van der Waals surface area contributed by atoms with Crippen LogP contribution in [0.2, 0.25) is 0 Å². The first kappa shape index (κ1) is 13.0. The summed E-state index contributed by atoms with van der Waals surface area (Å²) < 4.78 is 15.6. The lowest BCUT2D eigenvalue weighted by Crippen LogP contribution is -2.06. The Kier molecular flexibility index (Phi) is 3.36. The van der Waals surface area contributed by atoms with Crippen LogP contribution in [0.25, 0.3) is 11.0 Å². The van der Waals surface area contributed by atoms with Crippen LogP contribution in [-0.4, -0.2) is 19.5 Å². The molecule has 3 rings (SSSR count). The highest BCUT2D eigenvalue weighted by atomic mass is 35.5. The maximum atomic E-state index is 13.8. The van der Waals surface area contributed by atoms with Crippen molar-refractivity contribution in [1.29, 1.82) is 0 Å². The van der Waals surface area contributed by atoms with Crippen molar-refractivity contribution in [2.24, 2.45) is 0 Å². The monoisotopic (exact) mass is 290 g/mol. The Bertz CT molecular complexity index is 752. The lowest BCUT2D eigenvalue weighted by atomic mass is 10.3. The van der Waals surface area contributed by atoms with Crippen molar-refractivity contribution in [2.75, 3.05) is 0 Å². The molecular weight excluding hydrogens is 279 g/mol. The molecule has 0 bridgehead atoms. The number of aryl methyl sites for hydroxylation is 1. The van der Waals surface area contributed by atoms with E-state index in [4.69, 9.17) is 11.6 Å². The first-order valence-electron chi connectivity index (χ1n) is 6.16. The predicted octanol–water partition coefficient (Wildman–Crippen LogP) is 3.06. The number of fused-ring (bicyclic) bond motifs is 1. The zero-order chi connectivity index (χ0) is 14.1. The van der Waals surface area contributed by atoms with Gasteiger partial charge in [0.1, 0.15) is 11.3 Å². The number of alkyl halides is 1. The third kappa shape index (κ3) is 2.25. The number of halogens is 2. The smallest absolute Gasteiger partial charge is 0.151 e. The number of aromatic nitrogens is 4. The molecule has 0 amide bonds. The van der Waals surface area contributed by atoms with E-state index in [0.29, 0.717) is 23.4 Å². The van der Waals surface area contributed by atoms with Crippen LogP contribution in [0.4, 0.5) is 4.39 Å². The normalized spacial score (nSPS) is 11.2. The fourth-order valence-corrected chi connectivity index (χ4v) is 2.31. The van der Waals surface area contributed by atoms with Gasteiger partial charge < -0.3 is 4.57 Å². The summed E-state index contributed by atoms with van der Waals surface area (Å²) >= 11 is 5.91. The maximum absolute atomic E-state index is 13.8. The molecule has 0 spiro atoms. The molecule has 0 fully saturated rings. The van der Waals surface area contributed by atoms with Gasteiger partial charge in [0, 0.05) is 6.20 Å². The first-order valence-corrected chi connectivity index (χ1v) is 6.69. The number of hydrogen-bond acceptors (Lipinski definition) is 3. The molecule has 0 saturated carbocycles. The quantitative estimate of drug-likeness (QED) is 0.696. The van der Waals surface area contributed by atoms with E-state index in [2.05, 4.69) is 15.0 Å². The minimum Gasteiger partial charge on any atom is -0.321 e. The van der Waals surface area contributed by atoms with E-state index in [1.165, 1.54) is 6.07 Å². The van der Waals surface area contributed by atoms with Crippen molar-refractivity contribution in [3.8, 4) is 0 Å². The van der Waals surface area contributed by atoms with Crippen molar-refractivity contribution in [1.82, 2.24) is 19.5 Å². The van der Waals surface area contributed by atoms with Gasteiger partial charge in [-0.2, -0.15) is 0 Å². The second-order valence-electron chi connectivity index (χ2n) is 4.50. The average molecular weight is 291 g/mol. The zero-order valence-corrected chi connectivity index (χ0v) is 11.6. The van der Waals surface area contributed by atoms with Gasteiger partial charge in [0.05, 0.1) is 35.5 Å². The number of hydrogen-bond donors (Lipinski definition) is 0. The van der Waals surface area contributed by atoms with Crippen molar-refractivity contribution in [2.45, 2.75) is 19.3 Å². The minimum atomic E-state index is -0.345. The molecule has 0 aliphatic heterocycles. The number of nitrogens with zero attached hydrogens (tertiary/aromatic N) is 4. The highest BCUT2D eigenvalue weighted by Crippen LogP contribution is 2.21. The van der Waals surface area contributed by atoms with Crippen molar-refractivity contribution in [3.05, 3.63) is 53.6 Å². The lowest BCUT2D eigenvalue weighted by Gasteiger charge is -2.07. The summed E-state index contributed by atoms with van der Waals surface area (Å²) in [4.78, 5) is 12.8. The van der Waals surface area contributed by atoms with Crippen LogP contribution in [0, 0.1) is 12.7 Å². The second kappa shape index (κ2) is 5.17. The molecule has 0 N–H and O–H groups in total. The largest absolute Gasteiger partial charge is 0.321 e. The minimum absolute atomic E-state index is 0.216. The third-order valence-corrected chi connectivity index (χ3v) is 3.32. The molecule has 0 aliphatic carbocycles. The Hall–Kier alpha value is -2.01. The molecule has 2 heterocycles. The Balaban J connectivity index is 2.10. The van der Waals surface area contributed by atoms with Gasteiger partial charge in [-0.3, -0.25) is 9.97 Å². The molecule has 0 unspecified atom stereocenters. The van der Waals surface area contributed by atoms with E-state index >= 15 is 0 Å². The second-order valence-corrected chi connectivity index (χ2v) is 4.77. The summed E-state index contributed by atoms with van der Waals surface area (Å²) in [5.41, 5.74) is 2.68. The molecule has 0 atom stereocenters. The van der Waals surface area contributed by atoms with E-state index in [1.54, 1.807) is 18.5 Å². The topological polar surface area (TPSA) is 43.6 Å². The molecule has 4 nitrogen and oxygen atoms in total. The summed E-state index contributed by atoms with van der Waals surface area (Å²) in [6, 6.07) is 4.88. The van der Waals surface area contributed by atoms with Crippen LogP contribution < -0.4 is 0 Å². The molecule has 20 heavy (non-hydrogen) atoms. The number of para-hydroxylation sites is 1. The van der Waals surface area contributed by atoms with Gasteiger partial charge >= 0.3 is 0 Å². The van der Waals surface area contributed by atoms with Crippen molar-refractivity contribution < 1.29 is 4.39 Å². The van der Waals surface area contributed by atoms with Crippen LogP contribution in [0.15, 0.2) is 30.6 Å². The summed E-state index contributed by atoms with van der Waals surface area (Å²) in [6.45, 7) is 2.35. The van der Waals surface area contributed by atoms with E-state index in [0.717, 1.165) is 11.4 Å². The summed E-state index contributed by atoms with van der Waals surface area (Å²) in [5, 5.41) is 0. The van der Waals surface area contributed by atoms with Crippen LogP contribution in [-0.2, 0) is 12.4 Å². The van der Waals surface area contributed by atoms with Crippen LogP contribution in [0.1, 0.15) is 17.2 Å². The Morgan fingerprint density at radius 2 is 2.10 bits per heavy atom. The fourth-order valence-electron chi connectivity index (χ4n) is 2.10. The summed E-state index contributed by atoms with van der Waals surface area (Å²) in [7, 11) is 0. The fraction of sp³-hybridized carbons (Fsp3) is 0.214. The molecule has 1 aromatic carbocycles. The van der Waals surface area contributed by atoms with Gasteiger partial charge in [-0.1, -0.05) is 6.07 Å². The molecule has 6 heteroatoms. The molecule has 0 saturated heterocycles. The van der Waals surface area contributed by atoms with Crippen LogP contribution >= 0.6 is 11.6 Å². The van der Waals surface area contributed by atoms with Crippen LogP contribution in [0.3, 0.4) is 0 Å². The Morgan fingerprint density at radius 3 is 2.80 bits per heavy atom. The number of imidazole rings is 1. The summed E-state index contributed by atoms with van der Waals surface area (Å²) in [6.07, 6.45) is 3.41. The van der Waals surface area contributed by atoms with Gasteiger partial charge in [-0.05, 0) is 19.1 Å². The highest BCUT2D eigenvalue weighted by molar-refractivity contribution is 6.16. The Labute approximate surface area is 120 Å². The predicted molar refractivity (Wildman–Crippen MR) is 75.1 cm³/mol. The van der Waals surface area contributed by atoms with Crippen LogP contribution in [0.5, 0.6) is 0 Å². The third-order valence-electron chi connectivity index (χ3n) is 3.08. The molecule has 0 radical (unpaired) electrons. The van der Waals surface area contributed by atoms with E-state index < -0.39 is 0 Å². The molecule has 102 valence electrons. The lowest BCUT2D eigenvalue weighted by molar-refractivity contribution is 0.637. The van der Waals surface area contributed by atoms with Gasteiger partial charge in [-0.25, -0.2) is 9.37 Å². The van der Waals surface area contributed by atoms with Gasteiger partial charge in [0.15, 0.2) is 5.82 Å². The number of benzene rings is 1. The molecular formula is C14H12ClFN4. The first-order chi connectivity index (χ1) is 9.69. The summed E-state index contributed by atoms with van der Waals surface area (Å²) in [5.74, 6) is 0.490. The van der Waals surface area contributed by atoms with E-state index in [9.17, 15) is 4.39 Å². The van der Waals surface area contributed by atoms with Gasteiger partial charge in [0.2, 0.25) is 0 Å². The maximum Gasteiger partial charge on any atom is 0.151 e. The number of rotatable bonds is 3.